The first-order chi connectivity index (χ1) is 16.2. The molecule has 3 aromatic rings. The van der Waals surface area contributed by atoms with Crippen molar-refractivity contribution in [2.24, 2.45) is 0 Å². The van der Waals surface area contributed by atoms with Gasteiger partial charge in [-0.05, 0) is 66.1 Å². The van der Waals surface area contributed by atoms with Gasteiger partial charge < -0.3 is 13.8 Å². The molecule has 8 heteroatoms. The summed E-state index contributed by atoms with van der Waals surface area (Å²) in [5.41, 5.74) is 2.07. The molecule has 180 valence electrons. The van der Waals surface area contributed by atoms with Crippen LogP contribution in [0.2, 0.25) is 0 Å². The minimum Gasteiger partial charge on any atom is -0.494 e. The number of ether oxygens (including phenoxy) is 1. The Labute approximate surface area is 200 Å². The highest BCUT2D eigenvalue weighted by Crippen LogP contribution is 2.20. The molecule has 0 atom stereocenters. The topological polar surface area (TPSA) is 72.9 Å². The third-order valence-electron chi connectivity index (χ3n) is 4.99. The van der Waals surface area contributed by atoms with Crippen LogP contribution < -0.4 is 8.92 Å². The summed E-state index contributed by atoms with van der Waals surface area (Å²) in [6.07, 6.45) is 2.97. The molecule has 0 aromatic heterocycles. The van der Waals surface area contributed by atoms with Crippen LogP contribution in [0.4, 0.5) is 4.39 Å². The van der Waals surface area contributed by atoms with E-state index in [1.165, 1.54) is 12.1 Å². The van der Waals surface area contributed by atoms with Crippen molar-refractivity contribution in [3.63, 3.8) is 0 Å². The summed E-state index contributed by atoms with van der Waals surface area (Å²) in [6.45, 7) is 3.26. The molecule has 0 spiro atoms. The Kier molecular flexibility index (Phi) is 8.65. The van der Waals surface area contributed by atoms with E-state index in [1.807, 2.05) is 0 Å². The van der Waals surface area contributed by atoms with Crippen LogP contribution in [0.15, 0.2) is 72.8 Å². The van der Waals surface area contributed by atoms with Crippen molar-refractivity contribution in [1.29, 1.82) is 0 Å². The normalized spacial score (nSPS) is 11.1. The minimum absolute atomic E-state index is 0.194. The maximum atomic E-state index is 13.4. The summed E-state index contributed by atoms with van der Waals surface area (Å²) in [5, 5.41) is 0. The molecular weight excluding hydrogens is 457 g/mol. The quantitative estimate of drug-likeness (QED) is 0.276. The number of carbonyl (C=O) groups excluding carboxylic acids is 1. The van der Waals surface area contributed by atoms with Crippen molar-refractivity contribution < 1.29 is 26.5 Å². The van der Waals surface area contributed by atoms with Gasteiger partial charge in [0.25, 0.3) is 5.91 Å². The highest BCUT2D eigenvalue weighted by atomic mass is 32.2. The third-order valence-corrected chi connectivity index (χ3v) is 5.48. The number of hydrogen-bond acceptors (Lipinski definition) is 5. The van der Waals surface area contributed by atoms with Crippen LogP contribution in [0.1, 0.15) is 41.3 Å². The summed E-state index contributed by atoms with van der Waals surface area (Å²) < 4.78 is 46.5. The lowest BCUT2D eigenvalue weighted by Gasteiger charge is -2.23. The molecule has 0 aliphatic carbocycles. The zero-order valence-corrected chi connectivity index (χ0v) is 20.1. The SMILES string of the molecule is CCCCOc1ccc(C(=O)N(Cc2ccc(F)cc2)Cc2ccc(OS(C)(=O)=O)cc2)cc1. The fourth-order valence-corrected chi connectivity index (χ4v) is 3.73. The van der Waals surface area contributed by atoms with Gasteiger partial charge in [0, 0.05) is 18.7 Å². The molecule has 0 N–H and O–H groups in total. The van der Waals surface area contributed by atoms with E-state index in [1.54, 1.807) is 65.6 Å². The molecule has 0 bridgehead atoms. The van der Waals surface area contributed by atoms with Gasteiger partial charge in [0.1, 0.15) is 17.3 Å². The van der Waals surface area contributed by atoms with E-state index in [2.05, 4.69) is 6.92 Å². The summed E-state index contributed by atoms with van der Waals surface area (Å²) in [6, 6.07) is 19.5. The van der Waals surface area contributed by atoms with Gasteiger partial charge in [-0.2, -0.15) is 8.42 Å². The molecule has 0 saturated heterocycles. The largest absolute Gasteiger partial charge is 0.494 e. The first-order valence-electron chi connectivity index (χ1n) is 11.0. The van der Waals surface area contributed by atoms with Gasteiger partial charge in [-0.15, -0.1) is 0 Å². The number of benzene rings is 3. The predicted octanol–water partition coefficient (Wildman–Crippen LogP) is 5.19. The average molecular weight is 486 g/mol. The zero-order chi connectivity index (χ0) is 24.6. The van der Waals surface area contributed by atoms with Crippen LogP contribution in [-0.2, 0) is 23.2 Å². The van der Waals surface area contributed by atoms with Gasteiger partial charge in [0.2, 0.25) is 0 Å². The van der Waals surface area contributed by atoms with Crippen molar-refractivity contribution in [3.8, 4) is 11.5 Å². The fourth-order valence-electron chi connectivity index (χ4n) is 3.27. The monoisotopic (exact) mass is 485 g/mol. The number of nitrogens with zero attached hydrogens (tertiary/aromatic N) is 1. The second kappa shape index (κ2) is 11.7. The zero-order valence-electron chi connectivity index (χ0n) is 19.2. The summed E-state index contributed by atoms with van der Waals surface area (Å²) >= 11 is 0. The fraction of sp³-hybridized carbons (Fsp3) is 0.269. The first kappa shape index (κ1) is 25.2. The molecule has 0 fully saturated rings. The van der Waals surface area contributed by atoms with Gasteiger partial charge in [-0.25, -0.2) is 4.39 Å². The number of rotatable bonds is 11. The molecule has 0 unspecified atom stereocenters. The molecule has 0 heterocycles. The molecule has 1 amide bonds. The Hall–Kier alpha value is -3.39. The third kappa shape index (κ3) is 7.88. The number of hydrogen-bond donors (Lipinski definition) is 0. The lowest BCUT2D eigenvalue weighted by molar-refractivity contribution is 0.0730. The van der Waals surface area contributed by atoms with Crippen LogP contribution in [0.5, 0.6) is 11.5 Å². The number of amides is 1. The van der Waals surface area contributed by atoms with Crippen molar-refractivity contribution >= 4 is 16.0 Å². The Morgan fingerprint density at radius 1 is 0.853 bits per heavy atom. The molecule has 34 heavy (non-hydrogen) atoms. The molecule has 0 saturated carbocycles. The molecular formula is C26H28FNO5S. The standard InChI is InChI=1S/C26H28FNO5S/c1-3-4-17-32-24-15-9-22(10-16-24)26(29)28(18-20-5-11-23(27)12-6-20)19-21-7-13-25(14-8-21)33-34(2,30)31/h5-16H,3-4,17-19H2,1-2H3. The molecule has 0 aliphatic heterocycles. The Morgan fingerprint density at radius 3 is 1.91 bits per heavy atom. The molecule has 3 rings (SSSR count). The maximum Gasteiger partial charge on any atom is 0.306 e. The van der Waals surface area contributed by atoms with Gasteiger partial charge in [0.05, 0.1) is 12.9 Å². The number of unbranched alkanes of at least 4 members (excludes halogenated alkanes) is 1. The van der Waals surface area contributed by atoms with E-state index >= 15 is 0 Å². The average Bonchev–Trinajstić information content (AvgIpc) is 2.80. The maximum absolute atomic E-state index is 13.4. The summed E-state index contributed by atoms with van der Waals surface area (Å²) in [5.74, 6) is 0.362. The van der Waals surface area contributed by atoms with Crippen molar-refractivity contribution in [2.75, 3.05) is 12.9 Å². The van der Waals surface area contributed by atoms with E-state index in [0.717, 1.165) is 30.2 Å². The minimum atomic E-state index is -3.62. The van der Waals surface area contributed by atoms with E-state index < -0.39 is 10.1 Å². The molecule has 0 radical (unpaired) electrons. The van der Waals surface area contributed by atoms with Gasteiger partial charge >= 0.3 is 10.1 Å². The van der Waals surface area contributed by atoms with Gasteiger partial charge in [-0.3, -0.25) is 4.79 Å². The smallest absolute Gasteiger partial charge is 0.306 e. The molecule has 3 aromatic carbocycles. The molecule has 6 nitrogen and oxygen atoms in total. The Bertz CT molecular complexity index is 1180. The van der Waals surface area contributed by atoms with Gasteiger partial charge in [-0.1, -0.05) is 37.6 Å². The van der Waals surface area contributed by atoms with Crippen LogP contribution in [0, 0.1) is 5.82 Å². The van der Waals surface area contributed by atoms with Gasteiger partial charge in [0.15, 0.2) is 0 Å². The highest BCUT2D eigenvalue weighted by molar-refractivity contribution is 7.86. The van der Waals surface area contributed by atoms with Crippen LogP contribution in [-0.4, -0.2) is 32.1 Å². The molecule has 0 aliphatic rings. The van der Waals surface area contributed by atoms with Crippen molar-refractivity contribution in [3.05, 3.63) is 95.3 Å². The summed E-state index contributed by atoms with van der Waals surface area (Å²) in [4.78, 5) is 15.0. The second-order valence-electron chi connectivity index (χ2n) is 7.95. The number of halogens is 1. The van der Waals surface area contributed by atoms with Crippen LogP contribution >= 0.6 is 0 Å². The highest BCUT2D eigenvalue weighted by Gasteiger charge is 2.17. The van der Waals surface area contributed by atoms with E-state index in [-0.39, 0.29) is 30.6 Å². The second-order valence-corrected chi connectivity index (χ2v) is 9.52. The lowest BCUT2D eigenvalue weighted by atomic mass is 10.1. The first-order valence-corrected chi connectivity index (χ1v) is 12.8. The van der Waals surface area contributed by atoms with Crippen LogP contribution in [0.3, 0.4) is 0 Å². The number of carbonyl (C=O) groups is 1. The van der Waals surface area contributed by atoms with Crippen molar-refractivity contribution in [2.45, 2.75) is 32.9 Å². The van der Waals surface area contributed by atoms with E-state index in [9.17, 15) is 17.6 Å². The Morgan fingerprint density at radius 2 is 1.38 bits per heavy atom. The van der Waals surface area contributed by atoms with E-state index in [4.69, 9.17) is 8.92 Å². The summed E-state index contributed by atoms with van der Waals surface area (Å²) in [7, 11) is -3.62. The predicted molar refractivity (Wildman–Crippen MR) is 129 cm³/mol. The van der Waals surface area contributed by atoms with Crippen LogP contribution in [0.25, 0.3) is 0 Å². The van der Waals surface area contributed by atoms with E-state index in [0.29, 0.717) is 17.9 Å². The lowest BCUT2D eigenvalue weighted by Crippen LogP contribution is -2.30. The van der Waals surface area contributed by atoms with Crippen molar-refractivity contribution in [1.82, 2.24) is 4.90 Å². The Balaban J connectivity index is 1.78.